The second-order valence-corrected chi connectivity index (χ2v) is 9.54. The minimum Gasteiger partial charge on any atom is -0.497 e. The monoisotopic (exact) mass is 406 g/mol. The first-order valence-electron chi connectivity index (χ1n) is 8.45. The third-order valence-electron chi connectivity index (χ3n) is 4.45. The number of hydrogen-bond acceptors (Lipinski definition) is 5. The van der Waals surface area contributed by atoms with E-state index in [1.165, 1.54) is 30.2 Å². The minimum atomic E-state index is -3.47. The molecule has 1 aliphatic heterocycles. The number of anilines is 1. The lowest BCUT2D eigenvalue weighted by molar-refractivity contribution is -0.116. The Kier molecular flexibility index (Phi) is 5.78. The Labute approximate surface area is 164 Å². The Morgan fingerprint density at radius 1 is 1.19 bits per heavy atom. The van der Waals surface area contributed by atoms with Crippen molar-refractivity contribution in [3.63, 3.8) is 0 Å². The van der Waals surface area contributed by atoms with Crippen LogP contribution in [0.3, 0.4) is 0 Å². The van der Waals surface area contributed by atoms with Gasteiger partial charge in [-0.2, -0.15) is 0 Å². The summed E-state index contributed by atoms with van der Waals surface area (Å²) in [6, 6.07) is 12.6. The Morgan fingerprint density at radius 2 is 1.89 bits per heavy atom. The van der Waals surface area contributed by atoms with Gasteiger partial charge in [0.15, 0.2) is 0 Å². The number of thioether (sulfide) groups is 1. The molecule has 144 valence electrons. The Balaban J connectivity index is 1.70. The van der Waals surface area contributed by atoms with Crippen molar-refractivity contribution < 1.29 is 17.9 Å². The van der Waals surface area contributed by atoms with E-state index >= 15 is 0 Å². The number of hydrogen-bond donors (Lipinski definition) is 0. The number of carbonyl (C=O) groups is 1. The molecule has 0 N–H and O–H groups in total. The van der Waals surface area contributed by atoms with Crippen molar-refractivity contribution in [2.24, 2.45) is 0 Å². The maximum absolute atomic E-state index is 12.6. The first kappa shape index (κ1) is 19.7. The van der Waals surface area contributed by atoms with Crippen molar-refractivity contribution in [2.45, 2.75) is 16.2 Å². The minimum absolute atomic E-state index is 0.0118. The van der Waals surface area contributed by atoms with Crippen LogP contribution in [0.5, 0.6) is 5.75 Å². The van der Waals surface area contributed by atoms with Crippen molar-refractivity contribution in [3.8, 4) is 5.75 Å². The average Bonchev–Trinajstić information content (AvgIpc) is 3.09. The van der Waals surface area contributed by atoms with E-state index in [2.05, 4.69) is 0 Å². The third kappa shape index (κ3) is 4.12. The van der Waals surface area contributed by atoms with E-state index in [4.69, 9.17) is 4.74 Å². The van der Waals surface area contributed by atoms with E-state index in [0.717, 1.165) is 21.9 Å². The van der Waals surface area contributed by atoms with E-state index in [-0.39, 0.29) is 10.8 Å². The number of benzene rings is 2. The molecule has 8 heteroatoms. The van der Waals surface area contributed by atoms with Crippen LogP contribution in [0.15, 0.2) is 52.3 Å². The van der Waals surface area contributed by atoms with E-state index < -0.39 is 10.0 Å². The van der Waals surface area contributed by atoms with Crippen molar-refractivity contribution in [1.29, 1.82) is 0 Å². The smallest absolute Gasteiger partial charge is 0.242 e. The molecule has 1 amide bonds. The summed E-state index contributed by atoms with van der Waals surface area (Å²) in [6.45, 7) is 0.572. The molecule has 2 aromatic rings. The number of ether oxygens (including phenoxy) is 1. The molecule has 0 bridgehead atoms. The highest BCUT2D eigenvalue weighted by Crippen LogP contribution is 2.32. The molecule has 0 aliphatic carbocycles. The number of methoxy groups -OCH3 is 1. The lowest BCUT2D eigenvalue weighted by Gasteiger charge is -2.18. The van der Waals surface area contributed by atoms with Gasteiger partial charge in [-0.05, 0) is 54.4 Å². The number of carbonyl (C=O) groups excluding carboxylic acids is 1. The van der Waals surface area contributed by atoms with Crippen LogP contribution >= 0.6 is 11.8 Å². The standard InChI is InChI=1S/C19H22N2O4S2/c1-20(2)27(23,24)17-8-9-18-14(12-17)10-11-21(18)19(22)13-26-16-6-4-15(25-3)5-7-16/h4-9,12H,10-11,13H2,1-3H3. The molecule has 0 spiro atoms. The van der Waals surface area contributed by atoms with Gasteiger partial charge in [0.2, 0.25) is 15.9 Å². The molecule has 0 radical (unpaired) electrons. The van der Waals surface area contributed by atoms with Crippen molar-refractivity contribution in [1.82, 2.24) is 4.31 Å². The molecule has 1 heterocycles. The fourth-order valence-electron chi connectivity index (χ4n) is 2.90. The molecule has 0 unspecified atom stereocenters. The van der Waals surface area contributed by atoms with Gasteiger partial charge < -0.3 is 9.64 Å². The normalized spacial score (nSPS) is 13.7. The molecular weight excluding hydrogens is 384 g/mol. The highest BCUT2D eigenvalue weighted by Gasteiger charge is 2.27. The van der Waals surface area contributed by atoms with E-state index in [1.54, 1.807) is 30.2 Å². The highest BCUT2D eigenvalue weighted by molar-refractivity contribution is 8.00. The molecule has 0 aromatic heterocycles. The molecule has 0 saturated heterocycles. The summed E-state index contributed by atoms with van der Waals surface area (Å²) in [6.07, 6.45) is 0.658. The third-order valence-corrected chi connectivity index (χ3v) is 7.26. The topological polar surface area (TPSA) is 66.9 Å². The number of sulfonamides is 1. The summed E-state index contributed by atoms with van der Waals surface area (Å²) in [7, 11) is 1.16. The quantitative estimate of drug-likeness (QED) is 0.690. The Morgan fingerprint density at radius 3 is 2.52 bits per heavy atom. The van der Waals surface area contributed by atoms with Gasteiger partial charge in [0.05, 0.1) is 17.8 Å². The number of rotatable bonds is 6. The van der Waals surface area contributed by atoms with Gasteiger partial charge in [-0.1, -0.05) is 0 Å². The van der Waals surface area contributed by atoms with Gasteiger partial charge in [0.1, 0.15) is 5.75 Å². The summed E-state index contributed by atoms with van der Waals surface area (Å²) in [5.74, 6) is 1.11. The van der Waals surface area contributed by atoms with Crippen molar-refractivity contribution in [3.05, 3.63) is 48.0 Å². The van der Waals surface area contributed by atoms with Gasteiger partial charge in [-0.25, -0.2) is 12.7 Å². The van der Waals surface area contributed by atoms with Gasteiger partial charge in [-0.15, -0.1) is 11.8 Å². The first-order chi connectivity index (χ1) is 12.8. The summed E-state index contributed by atoms with van der Waals surface area (Å²) in [5, 5.41) is 0. The molecule has 0 saturated carbocycles. The number of amides is 1. The van der Waals surface area contributed by atoms with Crippen LogP contribution in [0, 0.1) is 0 Å². The Hall–Kier alpha value is -2.03. The van der Waals surface area contributed by atoms with Gasteiger partial charge in [0, 0.05) is 31.2 Å². The predicted molar refractivity (Wildman–Crippen MR) is 107 cm³/mol. The van der Waals surface area contributed by atoms with Crippen LogP contribution < -0.4 is 9.64 Å². The summed E-state index contributed by atoms with van der Waals surface area (Å²) in [5.41, 5.74) is 1.69. The molecule has 2 aromatic carbocycles. The summed E-state index contributed by atoms with van der Waals surface area (Å²) >= 11 is 1.47. The number of fused-ring (bicyclic) bond motifs is 1. The zero-order valence-electron chi connectivity index (χ0n) is 15.5. The second kappa shape index (κ2) is 7.92. The van der Waals surface area contributed by atoms with Gasteiger partial charge in [-0.3, -0.25) is 4.79 Å². The number of nitrogens with zero attached hydrogens (tertiary/aromatic N) is 2. The van der Waals surface area contributed by atoms with Crippen LogP contribution in [0.4, 0.5) is 5.69 Å². The van der Waals surface area contributed by atoms with Crippen molar-refractivity contribution in [2.75, 3.05) is 38.4 Å². The molecule has 6 nitrogen and oxygen atoms in total. The molecular formula is C19H22N2O4S2. The molecule has 0 fully saturated rings. The predicted octanol–water partition coefficient (Wildman–Crippen LogP) is 2.63. The van der Waals surface area contributed by atoms with Crippen LogP contribution in [0.2, 0.25) is 0 Å². The second-order valence-electron chi connectivity index (χ2n) is 6.34. The maximum atomic E-state index is 12.6. The lowest BCUT2D eigenvalue weighted by Crippen LogP contribution is -2.30. The van der Waals surface area contributed by atoms with Crippen LogP contribution in [0.25, 0.3) is 0 Å². The molecule has 1 aliphatic rings. The molecule has 0 atom stereocenters. The van der Waals surface area contributed by atoms with E-state index in [0.29, 0.717) is 18.7 Å². The molecule has 3 rings (SSSR count). The largest absolute Gasteiger partial charge is 0.497 e. The zero-order valence-corrected chi connectivity index (χ0v) is 17.1. The maximum Gasteiger partial charge on any atom is 0.242 e. The average molecular weight is 407 g/mol. The van der Waals surface area contributed by atoms with E-state index in [1.807, 2.05) is 24.3 Å². The van der Waals surface area contributed by atoms with Crippen LogP contribution in [-0.4, -0.2) is 52.1 Å². The molecule has 27 heavy (non-hydrogen) atoms. The SMILES string of the molecule is COc1ccc(SCC(=O)N2CCc3cc(S(=O)(=O)N(C)C)ccc32)cc1. The summed E-state index contributed by atoms with van der Waals surface area (Å²) in [4.78, 5) is 15.6. The fraction of sp³-hybridized carbons (Fsp3) is 0.316. The highest BCUT2D eigenvalue weighted by atomic mass is 32.2. The zero-order chi connectivity index (χ0) is 19.6. The fourth-order valence-corrected chi connectivity index (χ4v) is 4.63. The summed E-state index contributed by atoms with van der Waals surface area (Å²) < 4.78 is 30.9. The van der Waals surface area contributed by atoms with Crippen LogP contribution in [-0.2, 0) is 21.2 Å². The van der Waals surface area contributed by atoms with Crippen molar-refractivity contribution >= 4 is 33.4 Å². The first-order valence-corrected chi connectivity index (χ1v) is 10.9. The van der Waals surface area contributed by atoms with Gasteiger partial charge in [0.25, 0.3) is 0 Å². The lowest BCUT2D eigenvalue weighted by atomic mass is 10.2. The van der Waals surface area contributed by atoms with Gasteiger partial charge >= 0.3 is 0 Å². The van der Waals surface area contributed by atoms with Crippen LogP contribution in [0.1, 0.15) is 5.56 Å². The Bertz CT molecular complexity index is 941. The van der Waals surface area contributed by atoms with E-state index in [9.17, 15) is 13.2 Å².